The summed E-state index contributed by atoms with van der Waals surface area (Å²) in [6.45, 7) is 15.4. The standard InChI is InChI=1S/C14H24N4Si/c1-10-8-12(3)17(15-10)14(19(5,6)7)18-13(4)9-11(2)16-18/h8-9,14H,1-7H3. The third kappa shape index (κ3) is 2.66. The molecule has 2 aromatic rings. The smallest absolute Gasteiger partial charge is 0.130 e. The van der Waals surface area contributed by atoms with Crippen molar-refractivity contribution in [1.29, 1.82) is 0 Å². The van der Waals surface area contributed by atoms with E-state index >= 15 is 0 Å². The van der Waals surface area contributed by atoms with Crippen LogP contribution in [0.3, 0.4) is 0 Å². The lowest BCUT2D eigenvalue weighted by molar-refractivity contribution is 0.439. The molecule has 0 saturated heterocycles. The highest BCUT2D eigenvalue weighted by atomic mass is 28.3. The van der Waals surface area contributed by atoms with E-state index in [0.717, 1.165) is 11.4 Å². The van der Waals surface area contributed by atoms with Gasteiger partial charge in [0.25, 0.3) is 0 Å². The fraction of sp³-hybridized carbons (Fsp3) is 0.571. The Morgan fingerprint density at radius 2 is 1.21 bits per heavy atom. The molecule has 0 radical (unpaired) electrons. The van der Waals surface area contributed by atoms with Crippen LogP contribution in [0.5, 0.6) is 0 Å². The molecule has 5 heteroatoms. The maximum absolute atomic E-state index is 4.69. The van der Waals surface area contributed by atoms with Gasteiger partial charge in [-0.15, -0.1) is 0 Å². The molecule has 4 nitrogen and oxygen atoms in total. The molecule has 2 aromatic heterocycles. The van der Waals surface area contributed by atoms with Crippen LogP contribution in [-0.4, -0.2) is 27.6 Å². The van der Waals surface area contributed by atoms with Crippen molar-refractivity contribution >= 4 is 8.07 Å². The predicted octanol–water partition coefficient (Wildman–Crippen LogP) is 3.24. The first-order valence-electron chi connectivity index (χ1n) is 6.75. The van der Waals surface area contributed by atoms with E-state index in [1.54, 1.807) is 0 Å². The molecule has 0 aromatic carbocycles. The molecule has 0 saturated carbocycles. The number of rotatable bonds is 3. The fourth-order valence-electron chi connectivity index (χ4n) is 2.62. The zero-order valence-electron chi connectivity index (χ0n) is 13.0. The molecule has 0 amide bonds. The lowest BCUT2D eigenvalue weighted by Gasteiger charge is -2.31. The molecule has 0 N–H and O–H groups in total. The highest BCUT2D eigenvalue weighted by molar-refractivity contribution is 6.76. The molecule has 19 heavy (non-hydrogen) atoms. The topological polar surface area (TPSA) is 35.6 Å². The molecular formula is C14H24N4Si. The number of aromatic nitrogens is 4. The Labute approximate surface area is 116 Å². The Balaban J connectivity index is 2.61. The second-order valence-corrected chi connectivity index (χ2v) is 11.7. The normalized spacial score (nSPS) is 12.4. The summed E-state index contributed by atoms with van der Waals surface area (Å²) in [4.78, 5) is 0. The molecular weight excluding hydrogens is 252 g/mol. The van der Waals surface area contributed by atoms with Crippen LogP contribution in [0.25, 0.3) is 0 Å². The van der Waals surface area contributed by atoms with E-state index < -0.39 is 8.07 Å². The van der Waals surface area contributed by atoms with E-state index in [0.29, 0.717) is 0 Å². The van der Waals surface area contributed by atoms with Crippen molar-refractivity contribution in [3.63, 3.8) is 0 Å². The summed E-state index contributed by atoms with van der Waals surface area (Å²) in [5.74, 6) is 0.231. The molecule has 0 unspecified atom stereocenters. The van der Waals surface area contributed by atoms with E-state index in [-0.39, 0.29) is 5.79 Å². The molecule has 0 aliphatic heterocycles. The Hall–Kier alpha value is -1.36. The van der Waals surface area contributed by atoms with Crippen LogP contribution in [0.1, 0.15) is 28.6 Å². The van der Waals surface area contributed by atoms with Gasteiger partial charge in [0.15, 0.2) is 0 Å². The van der Waals surface area contributed by atoms with Gasteiger partial charge in [0.05, 0.1) is 11.4 Å². The molecule has 0 spiro atoms. The van der Waals surface area contributed by atoms with Gasteiger partial charge >= 0.3 is 0 Å². The van der Waals surface area contributed by atoms with Crippen LogP contribution < -0.4 is 0 Å². The lowest BCUT2D eigenvalue weighted by Crippen LogP contribution is -2.42. The van der Waals surface area contributed by atoms with E-state index in [1.165, 1.54) is 11.4 Å². The van der Waals surface area contributed by atoms with Gasteiger partial charge in [-0.3, -0.25) is 0 Å². The van der Waals surface area contributed by atoms with Gasteiger partial charge in [0, 0.05) is 11.4 Å². The average molecular weight is 276 g/mol. The number of hydrogen-bond acceptors (Lipinski definition) is 2. The zero-order chi connectivity index (χ0) is 14.4. The van der Waals surface area contributed by atoms with Gasteiger partial charge < -0.3 is 0 Å². The van der Waals surface area contributed by atoms with Gasteiger partial charge in [-0.2, -0.15) is 10.2 Å². The first-order valence-corrected chi connectivity index (χ1v) is 10.3. The first kappa shape index (κ1) is 14.1. The zero-order valence-corrected chi connectivity index (χ0v) is 14.0. The fourth-order valence-corrected chi connectivity index (χ4v) is 4.61. The minimum atomic E-state index is -1.50. The van der Waals surface area contributed by atoms with E-state index in [2.05, 4.69) is 55.0 Å². The van der Waals surface area contributed by atoms with Crippen LogP contribution in [0, 0.1) is 27.7 Å². The molecule has 2 rings (SSSR count). The maximum atomic E-state index is 4.69. The second-order valence-electron chi connectivity index (χ2n) is 6.48. The summed E-state index contributed by atoms with van der Waals surface area (Å²) < 4.78 is 4.31. The predicted molar refractivity (Wildman–Crippen MR) is 81.2 cm³/mol. The second kappa shape index (κ2) is 4.63. The molecule has 0 fully saturated rings. The quantitative estimate of drug-likeness (QED) is 0.807. The SMILES string of the molecule is Cc1cc(C)n(C(n2nc(C)cc2C)[Si](C)(C)C)n1. The number of hydrogen-bond donors (Lipinski definition) is 0. The summed E-state index contributed by atoms with van der Waals surface area (Å²) in [7, 11) is -1.50. The van der Waals surface area contributed by atoms with Gasteiger partial charge in [0.2, 0.25) is 0 Å². The Morgan fingerprint density at radius 1 is 0.842 bits per heavy atom. The summed E-state index contributed by atoms with van der Waals surface area (Å²) in [5.41, 5.74) is 4.56. The molecule has 104 valence electrons. The van der Waals surface area contributed by atoms with Crippen molar-refractivity contribution in [2.24, 2.45) is 0 Å². The molecule has 2 heterocycles. The van der Waals surface area contributed by atoms with Crippen molar-refractivity contribution in [3.8, 4) is 0 Å². The van der Waals surface area contributed by atoms with Gasteiger partial charge in [-0.05, 0) is 39.8 Å². The molecule has 0 aliphatic carbocycles. The minimum absolute atomic E-state index is 0.231. The third-order valence-corrected chi connectivity index (χ3v) is 5.37. The van der Waals surface area contributed by atoms with Crippen LogP contribution in [0.15, 0.2) is 12.1 Å². The van der Waals surface area contributed by atoms with Crippen molar-refractivity contribution in [1.82, 2.24) is 19.6 Å². The highest BCUT2D eigenvalue weighted by Gasteiger charge is 2.33. The van der Waals surface area contributed by atoms with Crippen molar-refractivity contribution in [2.75, 3.05) is 0 Å². The van der Waals surface area contributed by atoms with Crippen molar-refractivity contribution in [2.45, 2.75) is 53.1 Å². The number of nitrogens with zero attached hydrogens (tertiary/aromatic N) is 4. The summed E-state index contributed by atoms with van der Waals surface area (Å²) >= 11 is 0. The lowest BCUT2D eigenvalue weighted by atomic mass is 10.4. The van der Waals surface area contributed by atoms with Crippen LogP contribution in [0.4, 0.5) is 0 Å². The summed E-state index contributed by atoms with van der Waals surface area (Å²) in [6.07, 6.45) is 0. The highest BCUT2D eigenvalue weighted by Crippen LogP contribution is 2.26. The van der Waals surface area contributed by atoms with Crippen LogP contribution >= 0.6 is 0 Å². The third-order valence-electron chi connectivity index (χ3n) is 3.33. The van der Waals surface area contributed by atoms with Crippen molar-refractivity contribution in [3.05, 3.63) is 34.9 Å². The maximum Gasteiger partial charge on any atom is 0.130 e. The molecule has 0 atom stereocenters. The van der Waals surface area contributed by atoms with E-state index in [4.69, 9.17) is 10.2 Å². The van der Waals surface area contributed by atoms with E-state index in [1.807, 2.05) is 13.8 Å². The first-order chi connectivity index (χ1) is 8.70. The Morgan fingerprint density at radius 3 is 1.42 bits per heavy atom. The van der Waals surface area contributed by atoms with Crippen LogP contribution in [-0.2, 0) is 0 Å². The van der Waals surface area contributed by atoms with E-state index in [9.17, 15) is 0 Å². The van der Waals surface area contributed by atoms with Gasteiger partial charge in [-0.1, -0.05) is 19.6 Å². The number of aryl methyl sites for hydroxylation is 4. The van der Waals surface area contributed by atoms with Crippen molar-refractivity contribution < 1.29 is 0 Å². The molecule has 0 aliphatic rings. The van der Waals surface area contributed by atoms with Gasteiger partial charge in [-0.25, -0.2) is 9.36 Å². The average Bonchev–Trinajstić information content (AvgIpc) is 2.70. The molecule has 0 bridgehead atoms. The summed E-state index contributed by atoms with van der Waals surface area (Å²) in [6, 6.07) is 4.28. The van der Waals surface area contributed by atoms with Crippen LogP contribution in [0.2, 0.25) is 19.6 Å². The summed E-state index contributed by atoms with van der Waals surface area (Å²) in [5, 5.41) is 9.39. The van der Waals surface area contributed by atoms with Gasteiger partial charge in [0.1, 0.15) is 13.9 Å². The minimum Gasteiger partial charge on any atom is -0.249 e. The largest absolute Gasteiger partial charge is 0.249 e. The Bertz CT molecular complexity index is 543. The monoisotopic (exact) mass is 276 g/mol. The Kier molecular flexibility index (Phi) is 3.43.